The second-order valence-corrected chi connectivity index (χ2v) is 6.58. The third-order valence-electron chi connectivity index (χ3n) is 3.33. The van der Waals surface area contributed by atoms with Crippen molar-refractivity contribution < 1.29 is 9.84 Å². The first-order valence-electron chi connectivity index (χ1n) is 7.06. The smallest absolute Gasteiger partial charge is 0.261 e. The molecule has 0 aliphatic rings. The van der Waals surface area contributed by atoms with Gasteiger partial charge in [0.15, 0.2) is 0 Å². The quantitative estimate of drug-likeness (QED) is 0.742. The number of nitrogens with zero attached hydrogens (tertiary/aromatic N) is 2. The van der Waals surface area contributed by atoms with Crippen LogP contribution in [0.25, 0.3) is 10.9 Å². The van der Waals surface area contributed by atoms with Crippen molar-refractivity contribution in [1.82, 2.24) is 9.55 Å². The molecule has 0 fully saturated rings. The minimum Gasteiger partial charge on any atom is -0.389 e. The summed E-state index contributed by atoms with van der Waals surface area (Å²) in [4.78, 5) is 17.7. The molecule has 0 spiro atoms. The summed E-state index contributed by atoms with van der Waals surface area (Å²) >= 11 is 7.49. The standard InChI is InChI=1S/C16H15ClN2O3S/c17-11-3-4-14-15(6-11)18-10-19(16(14)21)7-12(20)8-22-9-13-2-1-5-23-13/h1-6,10,12,20H,7-9H2. The Morgan fingerprint density at radius 3 is 3.04 bits per heavy atom. The van der Waals surface area contributed by atoms with Crippen LogP contribution in [0.15, 0.2) is 46.8 Å². The highest BCUT2D eigenvalue weighted by Gasteiger charge is 2.10. The monoisotopic (exact) mass is 350 g/mol. The molecule has 0 bridgehead atoms. The van der Waals surface area contributed by atoms with Crippen molar-refractivity contribution in [3.05, 3.63) is 62.3 Å². The first kappa shape index (κ1) is 16.1. The SMILES string of the molecule is O=c1c2ccc(Cl)cc2ncn1CC(O)COCc1cccs1. The first-order chi connectivity index (χ1) is 11.1. The molecule has 0 aliphatic heterocycles. The lowest BCUT2D eigenvalue weighted by atomic mass is 10.2. The molecule has 5 nitrogen and oxygen atoms in total. The van der Waals surface area contributed by atoms with Gasteiger partial charge < -0.3 is 9.84 Å². The highest BCUT2D eigenvalue weighted by molar-refractivity contribution is 7.09. The highest BCUT2D eigenvalue weighted by atomic mass is 35.5. The van der Waals surface area contributed by atoms with Crippen molar-refractivity contribution in [3.63, 3.8) is 0 Å². The summed E-state index contributed by atoms with van der Waals surface area (Å²) in [5.41, 5.74) is 0.339. The molecule has 23 heavy (non-hydrogen) atoms. The van der Waals surface area contributed by atoms with Crippen LogP contribution in [0.1, 0.15) is 4.88 Å². The van der Waals surface area contributed by atoms with E-state index < -0.39 is 6.10 Å². The van der Waals surface area contributed by atoms with E-state index in [2.05, 4.69) is 4.98 Å². The molecule has 1 atom stereocenters. The minimum absolute atomic E-state index is 0.134. The van der Waals surface area contributed by atoms with E-state index in [0.29, 0.717) is 22.5 Å². The molecule has 0 radical (unpaired) electrons. The molecular formula is C16H15ClN2O3S. The predicted molar refractivity (Wildman–Crippen MR) is 91.0 cm³/mol. The fourth-order valence-electron chi connectivity index (χ4n) is 2.23. The fourth-order valence-corrected chi connectivity index (χ4v) is 3.04. The lowest BCUT2D eigenvalue weighted by Crippen LogP contribution is -2.29. The molecule has 2 heterocycles. The summed E-state index contributed by atoms with van der Waals surface area (Å²) in [6.07, 6.45) is 0.642. The van der Waals surface area contributed by atoms with Crippen LogP contribution in [0, 0.1) is 0 Å². The molecule has 7 heteroatoms. The van der Waals surface area contributed by atoms with Gasteiger partial charge in [-0.1, -0.05) is 17.7 Å². The lowest BCUT2D eigenvalue weighted by Gasteiger charge is -2.13. The maximum absolute atomic E-state index is 12.4. The Kier molecular flexibility index (Phi) is 5.07. The third-order valence-corrected chi connectivity index (χ3v) is 4.41. The summed E-state index contributed by atoms with van der Waals surface area (Å²) in [6.45, 7) is 0.746. The van der Waals surface area contributed by atoms with Gasteiger partial charge >= 0.3 is 0 Å². The van der Waals surface area contributed by atoms with Crippen molar-refractivity contribution in [3.8, 4) is 0 Å². The Bertz CT molecular complexity index is 848. The summed E-state index contributed by atoms with van der Waals surface area (Å²) in [5.74, 6) is 0. The maximum Gasteiger partial charge on any atom is 0.261 e. The zero-order valence-corrected chi connectivity index (χ0v) is 13.8. The molecule has 3 rings (SSSR count). The Hall–Kier alpha value is -1.73. The third kappa shape index (κ3) is 3.97. The van der Waals surface area contributed by atoms with Crippen LogP contribution >= 0.6 is 22.9 Å². The number of ether oxygens (including phenoxy) is 1. The number of rotatable bonds is 6. The molecule has 0 amide bonds. The van der Waals surface area contributed by atoms with Crippen molar-refractivity contribution in [2.75, 3.05) is 6.61 Å². The Morgan fingerprint density at radius 1 is 1.39 bits per heavy atom. The normalized spacial score (nSPS) is 12.6. The maximum atomic E-state index is 12.4. The number of halogens is 1. The Balaban J connectivity index is 1.65. The van der Waals surface area contributed by atoms with Crippen LogP contribution in [-0.4, -0.2) is 27.4 Å². The van der Waals surface area contributed by atoms with Crippen molar-refractivity contribution in [1.29, 1.82) is 0 Å². The van der Waals surface area contributed by atoms with Gasteiger partial charge in [-0.25, -0.2) is 4.98 Å². The van der Waals surface area contributed by atoms with Crippen molar-refractivity contribution in [2.24, 2.45) is 0 Å². The van der Waals surface area contributed by atoms with Gasteiger partial charge in [0, 0.05) is 9.90 Å². The number of thiophene rings is 1. The largest absolute Gasteiger partial charge is 0.389 e. The summed E-state index contributed by atoms with van der Waals surface area (Å²) in [7, 11) is 0. The summed E-state index contributed by atoms with van der Waals surface area (Å²) in [5, 5.41) is 13.0. The molecule has 2 aromatic heterocycles. The van der Waals surface area contributed by atoms with Gasteiger partial charge in [0.25, 0.3) is 5.56 Å². The van der Waals surface area contributed by atoms with Crippen molar-refractivity contribution in [2.45, 2.75) is 19.3 Å². The number of fused-ring (bicyclic) bond motifs is 1. The van der Waals surface area contributed by atoms with E-state index in [1.165, 1.54) is 10.9 Å². The topological polar surface area (TPSA) is 64.4 Å². The summed E-state index contributed by atoms with van der Waals surface area (Å²) in [6, 6.07) is 8.86. The van der Waals surface area contributed by atoms with E-state index in [1.807, 2.05) is 17.5 Å². The van der Waals surface area contributed by atoms with Gasteiger partial charge in [-0.15, -0.1) is 11.3 Å². The van der Waals surface area contributed by atoms with E-state index in [0.717, 1.165) is 4.88 Å². The molecule has 1 aromatic carbocycles. The molecule has 120 valence electrons. The molecular weight excluding hydrogens is 336 g/mol. The van der Waals surface area contributed by atoms with Gasteiger partial charge in [-0.2, -0.15) is 0 Å². The number of aliphatic hydroxyl groups excluding tert-OH is 1. The Labute approximate surface area is 141 Å². The average Bonchev–Trinajstić information content (AvgIpc) is 3.03. The second-order valence-electron chi connectivity index (χ2n) is 5.11. The average molecular weight is 351 g/mol. The summed E-state index contributed by atoms with van der Waals surface area (Å²) < 4.78 is 6.85. The van der Waals surface area contributed by atoms with E-state index >= 15 is 0 Å². The van der Waals surface area contributed by atoms with Gasteiger partial charge in [-0.3, -0.25) is 9.36 Å². The van der Waals surface area contributed by atoms with Crippen LogP contribution in [0.4, 0.5) is 0 Å². The molecule has 1 N–H and O–H groups in total. The van der Waals surface area contributed by atoms with Gasteiger partial charge in [0.1, 0.15) is 0 Å². The van der Waals surface area contributed by atoms with Crippen molar-refractivity contribution >= 4 is 33.8 Å². The molecule has 0 aliphatic carbocycles. The van der Waals surface area contributed by atoms with E-state index in [4.69, 9.17) is 16.3 Å². The van der Waals surface area contributed by atoms with E-state index in [-0.39, 0.29) is 18.7 Å². The number of aliphatic hydroxyl groups is 1. The first-order valence-corrected chi connectivity index (χ1v) is 8.32. The number of benzene rings is 1. The van der Waals surface area contributed by atoms with Crippen LogP contribution in [0.3, 0.4) is 0 Å². The molecule has 0 saturated heterocycles. The number of aromatic nitrogens is 2. The Morgan fingerprint density at radius 2 is 2.26 bits per heavy atom. The van der Waals surface area contributed by atoms with Crippen LogP contribution in [0.2, 0.25) is 5.02 Å². The van der Waals surface area contributed by atoms with Gasteiger partial charge in [-0.05, 0) is 29.6 Å². The van der Waals surface area contributed by atoms with E-state index in [1.54, 1.807) is 29.5 Å². The number of hydrogen-bond acceptors (Lipinski definition) is 5. The number of hydrogen-bond donors (Lipinski definition) is 1. The van der Waals surface area contributed by atoms with E-state index in [9.17, 15) is 9.90 Å². The lowest BCUT2D eigenvalue weighted by molar-refractivity contribution is 0.0207. The minimum atomic E-state index is -0.779. The molecule has 3 aromatic rings. The fraction of sp³-hybridized carbons (Fsp3) is 0.250. The predicted octanol–water partition coefficient (Wildman–Crippen LogP) is 2.69. The zero-order chi connectivity index (χ0) is 16.2. The van der Waals surface area contributed by atoms with Gasteiger partial charge in [0.2, 0.25) is 0 Å². The van der Waals surface area contributed by atoms with Gasteiger partial charge in [0.05, 0.1) is 43.1 Å². The second kappa shape index (κ2) is 7.23. The van der Waals surface area contributed by atoms with Crippen LogP contribution in [0.5, 0.6) is 0 Å². The highest BCUT2D eigenvalue weighted by Crippen LogP contribution is 2.14. The van der Waals surface area contributed by atoms with Crippen LogP contribution < -0.4 is 5.56 Å². The molecule has 1 unspecified atom stereocenters. The van der Waals surface area contributed by atoms with Crippen LogP contribution in [-0.2, 0) is 17.9 Å². The molecule has 0 saturated carbocycles. The zero-order valence-electron chi connectivity index (χ0n) is 12.2.